The Morgan fingerprint density at radius 2 is 1.91 bits per heavy atom. The van der Waals surface area contributed by atoms with Crippen molar-refractivity contribution in [2.75, 3.05) is 0 Å². The first-order valence-electron chi connectivity index (χ1n) is 12.2. The number of ether oxygens (including phenoxy) is 1. The number of allylic oxidation sites excluding steroid dienone is 1. The average molecular weight is 492 g/mol. The van der Waals surface area contributed by atoms with Crippen LogP contribution in [-0.4, -0.2) is 45.3 Å². The first-order chi connectivity index (χ1) is 15.8. The van der Waals surface area contributed by atoms with E-state index in [0.717, 1.165) is 35.5 Å². The van der Waals surface area contributed by atoms with E-state index < -0.39 is 35.6 Å². The average Bonchev–Trinajstić information content (AvgIpc) is 3.18. The molecule has 34 heavy (non-hydrogen) atoms. The molecule has 0 bridgehead atoms. The van der Waals surface area contributed by atoms with Crippen molar-refractivity contribution in [1.82, 2.24) is 4.98 Å². The normalized spacial score (nSPS) is 32.1. The fourth-order valence-electron chi connectivity index (χ4n) is 4.40. The van der Waals surface area contributed by atoms with Gasteiger partial charge < -0.3 is 14.9 Å². The third-order valence-corrected chi connectivity index (χ3v) is 7.83. The van der Waals surface area contributed by atoms with Crippen molar-refractivity contribution < 1.29 is 24.5 Å². The molecule has 1 aliphatic rings. The van der Waals surface area contributed by atoms with Gasteiger partial charge in [-0.3, -0.25) is 9.59 Å². The zero-order valence-corrected chi connectivity index (χ0v) is 22.4. The molecule has 2 unspecified atom stereocenters. The molecule has 0 aliphatic carbocycles. The fraction of sp³-hybridized carbons (Fsp3) is 0.667. The number of Topliss-reactive ketones (excluding diaryl/α,β-unsaturated/α-hetero) is 1. The predicted molar refractivity (Wildman–Crippen MR) is 136 cm³/mol. The maximum atomic E-state index is 13.2. The molecule has 1 aromatic heterocycles. The Hall–Kier alpha value is -1.83. The van der Waals surface area contributed by atoms with Crippen LogP contribution in [0.5, 0.6) is 0 Å². The summed E-state index contributed by atoms with van der Waals surface area (Å²) in [6.45, 7) is 12.8. The number of hydrogen-bond donors (Lipinski definition) is 2. The van der Waals surface area contributed by atoms with Crippen LogP contribution in [0.4, 0.5) is 0 Å². The molecule has 1 aliphatic heterocycles. The van der Waals surface area contributed by atoms with Gasteiger partial charge in [-0.25, -0.2) is 4.98 Å². The van der Waals surface area contributed by atoms with Crippen molar-refractivity contribution in [3.63, 3.8) is 0 Å². The van der Waals surface area contributed by atoms with Crippen molar-refractivity contribution in [2.45, 2.75) is 98.9 Å². The number of esters is 1. The van der Waals surface area contributed by atoms with Crippen LogP contribution < -0.4 is 0 Å². The predicted octanol–water partition coefficient (Wildman–Crippen LogP) is 5.27. The van der Waals surface area contributed by atoms with Gasteiger partial charge in [0.2, 0.25) is 0 Å². The number of nitrogens with zero attached hydrogens (tertiary/aromatic N) is 1. The topological polar surface area (TPSA) is 96.7 Å². The lowest BCUT2D eigenvalue weighted by Crippen LogP contribution is -2.45. The second-order valence-corrected chi connectivity index (χ2v) is 11.5. The Kier molecular flexibility index (Phi) is 10.2. The standard InChI is InChI=1S/C27H41NO5S/c1-16-9-8-10-17(2)25(31)19(4)26(32)27(6,7)23(29)14-24(30)33-22(12-11-16)18(3)13-21-15-34-20(5)28-21/h11,13,15,17,19,22-23,25,29,31H,8-10,12,14H2,1-7H3/b16-11-,18-13+/t17?,19?,22-,23-,25-/m0/s1. The van der Waals surface area contributed by atoms with Crippen LogP contribution in [0.1, 0.15) is 84.3 Å². The van der Waals surface area contributed by atoms with Crippen LogP contribution >= 0.6 is 11.3 Å². The third kappa shape index (κ3) is 7.59. The Balaban J connectivity index is 2.33. The summed E-state index contributed by atoms with van der Waals surface area (Å²) >= 11 is 1.56. The van der Waals surface area contributed by atoms with Gasteiger partial charge in [0.15, 0.2) is 0 Å². The van der Waals surface area contributed by atoms with Gasteiger partial charge in [-0.1, -0.05) is 39.3 Å². The van der Waals surface area contributed by atoms with Crippen LogP contribution in [0.25, 0.3) is 6.08 Å². The van der Waals surface area contributed by atoms with E-state index in [4.69, 9.17) is 4.74 Å². The zero-order chi connectivity index (χ0) is 25.6. The Bertz CT molecular complexity index is 916. The van der Waals surface area contributed by atoms with Crippen molar-refractivity contribution in [3.05, 3.63) is 33.3 Å². The Morgan fingerprint density at radius 1 is 1.24 bits per heavy atom. The SMILES string of the molecule is C/C1=C/C[C@@H](/C(C)=C/c2csc(C)n2)OC(=O)C[C@H](O)C(C)(C)C(=O)C(C)[C@@H](O)C(C)CCC1. The van der Waals surface area contributed by atoms with Crippen LogP contribution in [0, 0.1) is 24.2 Å². The van der Waals surface area contributed by atoms with E-state index in [2.05, 4.69) is 18.0 Å². The smallest absolute Gasteiger partial charge is 0.309 e. The molecule has 7 heteroatoms. The van der Waals surface area contributed by atoms with E-state index in [0.29, 0.717) is 6.42 Å². The number of ketones is 1. The molecule has 0 amide bonds. The first-order valence-corrected chi connectivity index (χ1v) is 13.1. The number of aromatic nitrogens is 1. The second kappa shape index (κ2) is 12.2. The number of aryl methyl sites for hydroxylation is 1. The summed E-state index contributed by atoms with van der Waals surface area (Å²) in [7, 11) is 0. The molecular formula is C27H41NO5S. The number of thiazole rings is 1. The summed E-state index contributed by atoms with van der Waals surface area (Å²) in [4.78, 5) is 30.5. The number of rotatable bonds is 2. The molecule has 0 saturated carbocycles. The first kappa shape index (κ1) is 28.4. The highest BCUT2D eigenvalue weighted by atomic mass is 32.1. The summed E-state index contributed by atoms with van der Waals surface area (Å²) in [5, 5.41) is 24.5. The van der Waals surface area contributed by atoms with Gasteiger partial charge in [-0.05, 0) is 57.6 Å². The summed E-state index contributed by atoms with van der Waals surface area (Å²) in [5.41, 5.74) is 1.71. The molecule has 2 heterocycles. The van der Waals surface area contributed by atoms with E-state index in [1.807, 2.05) is 32.2 Å². The lowest BCUT2D eigenvalue weighted by Gasteiger charge is -2.34. The molecule has 1 aromatic rings. The largest absolute Gasteiger partial charge is 0.457 e. The van der Waals surface area contributed by atoms with Crippen molar-refractivity contribution in [2.24, 2.45) is 17.3 Å². The number of aliphatic hydroxyl groups is 2. The molecule has 0 fully saturated rings. The van der Waals surface area contributed by atoms with Gasteiger partial charge in [0.05, 0.1) is 34.7 Å². The van der Waals surface area contributed by atoms with Crippen molar-refractivity contribution in [3.8, 4) is 0 Å². The molecule has 6 nitrogen and oxygen atoms in total. The highest BCUT2D eigenvalue weighted by Gasteiger charge is 2.42. The minimum Gasteiger partial charge on any atom is -0.457 e. The maximum absolute atomic E-state index is 13.2. The highest BCUT2D eigenvalue weighted by Crippen LogP contribution is 2.32. The molecular weight excluding hydrogens is 450 g/mol. The minimum atomic E-state index is -1.21. The van der Waals surface area contributed by atoms with Crippen LogP contribution in [0.3, 0.4) is 0 Å². The molecule has 0 aromatic carbocycles. The molecule has 0 spiro atoms. The monoisotopic (exact) mass is 491 g/mol. The lowest BCUT2D eigenvalue weighted by molar-refractivity contribution is -0.154. The fourth-order valence-corrected chi connectivity index (χ4v) is 4.97. The maximum Gasteiger partial charge on any atom is 0.309 e. The van der Waals surface area contributed by atoms with E-state index in [1.165, 1.54) is 5.57 Å². The summed E-state index contributed by atoms with van der Waals surface area (Å²) in [5.74, 6) is -1.49. The van der Waals surface area contributed by atoms with E-state index in [-0.39, 0.29) is 18.1 Å². The van der Waals surface area contributed by atoms with Crippen molar-refractivity contribution >= 4 is 29.2 Å². The Labute approximate surface area is 208 Å². The molecule has 2 N–H and O–H groups in total. The van der Waals surface area contributed by atoms with Crippen LogP contribution in [0.2, 0.25) is 0 Å². The Morgan fingerprint density at radius 3 is 2.53 bits per heavy atom. The number of hydrogen-bond acceptors (Lipinski definition) is 7. The highest BCUT2D eigenvalue weighted by molar-refractivity contribution is 7.09. The van der Waals surface area contributed by atoms with E-state index in [9.17, 15) is 19.8 Å². The molecule has 190 valence electrons. The zero-order valence-electron chi connectivity index (χ0n) is 21.6. The molecule has 5 atom stereocenters. The summed E-state index contributed by atoms with van der Waals surface area (Å²) < 4.78 is 5.81. The van der Waals surface area contributed by atoms with Gasteiger partial charge in [-0.2, -0.15) is 0 Å². The number of cyclic esters (lactones) is 1. The summed E-state index contributed by atoms with van der Waals surface area (Å²) in [6, 6.07) is 0. The van der Waals surface area contributed by atoms with E-state index in [1.54, 1.807) is 32.1 Å². The molecule has 0 radical (unpaired) electrons. The quantitative estimate of drug-likeness (QED) is 0.432. The van der Waals surface area contributed by atoms with Gasteiger partial charge in [-0.15, -0.1) is 11.3 Å². The van der Waals surface area contributed by atoms with Gasteiger partial charge >= 0.3 is 5.97 Å². The van der Waals surface area contributed by atoms with Crippen LogP contribution in [0.15, 0.2) is 22.6 Å². The number of carbonyl (C=O) groups is 2. The van der Waals surface area contributed by atoms with Crippen molar-refractivity contribution in [1.29, 1.82) is 0 Å². The number of aliphatic hydroxyl groups excluding tert-OH is 2. The second-order valence-electron chi connectivity index (χ2n) is 10.4. The summed E-state index contributed by atoms with van der Waals surface area (Å²) in [6.07, 6.45) is 4.33. The third-order valence-electron chi connectivity index (χ3n) is 7.04. The van der Waals surface area contributed by atoms with Gasteiger partial charge in [0.25, 0.3) is 0 Å². The lowest BCUT2D eigenvalue weighted by atomic mass is 9.73. The van der Waals surface area contributed by atoms with Crippen LogP contribution in [-0.2, 0) is 14.3 Å². The van der Waals surface area contributed by atoms with Gasteiger partial charge in [0, 0.05) is 17.7 Å². The van der Waals surface area contributed by atoms with Gasteiger partial charge in [0.1, 0.15) is 11.9 Å². The molecule has 2 rings (SSSR count). The van der Waals surface area contributed by atoms with E-state index >= 15 is 0 Å². The number of carbonyl (C=O) groups excluding carboxylic acids is 2. The minimum absolute atomic E-state index is 0.0444. The molecule has 0 saturated heterocycles.